The lowest BCUT2D eigenvalue weighted by atomic mass is 10.1. The van der Waals surface area contributed by atoms with Crippen LogP contribution in [0.2, 0.25) is 0 Å². The lowest BCUT2D eigenvalue weighted by Crippen LogP contribution is -2.35. The van der Waals surface area contributed by atoms with Gasteiger partial charge in [0.05, 0.1) is 0 Å². The molecule has 0 atom stereocenters. The summed E-state index contributed by atoms with van der Waals surface area (Å²) in [6.07, 6.45) is 2.05. The van der Waals surface area contributed by atoms with Crippen LogP contribution in [-0.4, -0.2) is 11.4 Å². The van der Waals surface area contributed by atoms with Crippen molar-refractivity contribution < 1.29 is 4.68 Å². The molecule has 0 aliphatic carbocycles. The fraction of sp³-hybridized carbons (Fsp3) is 0.167. The molecule has 0 unspecified atom stereocenters. The number of nitrogens with zero attached hydrogens (tertiary/aromatic N) is 2. The number of hydrogen-bond acceptors (Lipinski definition) is 2. The highest BCUT2D eigenvalue weighted by molar-refractivity contribution is 7.98. The van der Waals surface area contributed by atoms with Crippen LogP contribution in [0.15, 0.2) is 47.5 Å². The Kier molecular flexibility index (Phi) is 3.02. The summed E-state index contributed by atoms with van der Waals surface area (Å²) in [5, 5.41) is 5.67. The van der Waals surface area contributed by atoms with Gasteiger partial charge in [0.2, 0.25) is 0 Å². The summed E-state index contributed by atoms with van der Waals surface area (Å²) in [6.45, 7) is 0. The minimum Gasteiger partial charge on any atom is -0.0801 e. The molecule has 2 rings (SSSR count). The zero-order chi connectivity index (χ0) is 10.7. The lowest BCUT2D eigenvalue weighted by Gasteiger charge is -1.99. The Labute approximate surface area is 94.0 Å². The fourth-order valence-electron chi connectivity index (χ4n) is 1.47. The normalized spacial score (nSPS) is 10.3. The summed E-state index contributed by atoms with van der Waals surface area (Å²) in [7, 11) is 1.97. The molecule has 1 heterocycles. The lowest BCUT2D eigenvalue weighted by molar-refractivity contribution is -0.764. The van der Waals surface area contributed by atoms with E-state index in [0.717, 1.165) is 16.3 Å². The van der Waals surface area contributed by atoms with Gasteiger partial charge in [0.25, 0.3) is 5.03 Å². The first-order valence-corrected chi connectivity index (χ1v) is 6.00. The number of aromatic nitrogens is 2. The SMILES string of the molecule is CSc1ccc(-c2ccccc2)n[n+]1C. The molecule has 3 heteroatoms. The second kappa shape index (κ2) is 4.45. The topological polar surface area (TPSA) is 16.8 Å². The highest BCUT2D eigenvalue weighted by atomic mass is 32.2. The molecule has 0 fully saturated rings. The molecule has 0 N–H and O–H groups in total. The summed E-state index contributed by atoms with van der Waals surface area (Å²) in [5.74, 6) is 0. The highest BCUT2D eigenvalue weighted by Gasteiger charge is 2.09. The molecule has 0 aliphatic rings. The molecule has 2 aromatic rings. The molecular formula is C12H13N2S+. The van der Waals surface area contributed by atoms with Gasteiger partial charge in [-0.2, -0.15) is 0 Å². The Bertz CT molecular complexity index is 454. The van der Waals surface area contributed by atoms with E-state index in [2.05, 4.69) is 35.6 Å². The van der Waals surface area contributed by atoms with E-state index in [4.69, 9.17) is 0 Å². The largest absolute Gasteiger partial charge is 0.265 e. The summed E-state index contributed by atoms with van der Waals surface area (Å²) >= 11 is 1.70. The second-order valence-corrected chi connectivity index (χ2v) is 4.08. The number of hydrogen-bond donors (Lipinski definition) is 0. The van der Waals surface area contributed by atoms with Gasteiger partial charge in [-0.05, 0) is 12.3 Å². The molecule has 0 saturated heterocycles. The van der Waals surface area contributed by atoms with Gasteiger partial charge in [-0.15, -0.1) is 0 Å². The van der Waals surface area contributed by atoms with E-state index in [1.807, 2.05) is 29.9 Å². The van der Waals surface area contributed by atoms with Gasteiger partial charge >= 0.3 is 0 Å². The predicted octanol–water partition coefficient (Wildman–Crippen LogP) is 2.29. The third-order valence-electron chi connectivity index (χ3n) is 2.24. The molecule has 15 heavy (non-hydrogen) atoms. The van der Waals surface area contributed by atoms with Crippen LogP contribution in [0.3, 0.4) is 0 Å². The Morgan fingerprint density at radius 1 is 1.07 bits per heavy atom. The van der Waals surface area contributed by atoms with E-state index in [0.29, 0.717) is 0 Å². The maximum absolute atomic E-state index is 4.51. The maximum atomic E-state index is 4.51. The van der Waals surface area contributed by atoms with Gasteiger partial charge in [-0.3, -0.25) is 0 Å². The van der Waals surface area contributed by atoms with Crippen LogP contribution in [0.1, 0.15) is 0 Å². The quantitative estimate of drug-likeness (QED) is 0.567. The van der Waals surface area contributed by atoms with Crippen molar-refractivity contribution in [2.45, 2.75) is 5.03 Å². The van der Waals surface area contributed by atoms with Crippen molar-refractivity contribution in [3.8, 4) is 11.3 Å². The Morgan fingerprint density at radius 2 is 1.80 bits per heavy atom. The standard InChI is InChI=1S/C12H13N2S/c1-14-12(15-2)9-8-11(13-14)10-6-4-3-5-7-10/h3-9H,1-2H3/q+1. The summed E-state index contributed by atoms with van der Waals surface area (Å²) in [5.41, 5.74) is 2.16. The second-order valence-electron chi connectivity index (χ2n) is 3.25. The van der Waals surface area contributed by atoms with Crippen molar-refractivity contribution in [2.75, 3.05) is 6.26 Å². The Balaban J connectivity index is 2.43. The van der Waals surface area contributed by atoms with E-state index < -0.39 is 0 Å². The van der Waals surface area contributed by atoms with Crippen molar-refractivity contribution in [2.24, 2.45) is 7.05 Å². The average molecular weight is 217 g/mol. The molecule has 0 spiro atoms. The van der Waals surface area contributed by atoms with Gasteiger partial charge in [0.15, 0.2) is 7.05 Å². The maximum Gasteiger partial charge on any atom is 0.265 e. The van der Waals surface area contributed by atoms with Gasteiger partial charge in [0.1, 0.15) is 5.69 Å². The monoisotopic (exact) mass is 217 g/mol. The first-order valence-electron chi connectivity index (χ1n) is 4.78. The first kappa shape index (κ1) is 10.2. The third-order valence-corrected chi connectivity index (χ3v) is 3.06. The third kappa shape index (κ3) is 2.18. The Hall–Kier alpha value is -1.35. The van der Waals surface area contributed by atoms with E-state index in [1.165, 1.54) is 0 Å². The zero-order valence-electron chi connectivity index (χ0n) is 8.84. The minimum absolute atomic E-state index is 1.01. The van der Waals surface area contributed by atoms with Crippen LogP contribution in [-0.2, 0) is 7.05 Å². The molecule has 76 valence electrons. The predicted molar refractivity (Wildman–Crippen MR) is 62.6 cm³/mol. The van der Waals surface area contributed by atoms with Gasteiger partial charge in [0, 0.05) is 16.7 Å². The zero-order valence-corrected chi connectivity index (χ0v) is 9.66. The van der Waals surface area contributed by atoms with E-state index in [-0.39, 0.29) is 0 Å². The molecule has 1 aromatic heterocycles. The van der Waals surface area contributed by atoms with Gasteiger partial charge < -0.3 is 0 Å². The molecular weight excluding hydrogens is 204 g/mol. The van der Waals surface area contributed by atoms with E-state index in [9.17, 15) is 0 Å². The molecule has 0 aliphatic heterocycles. The highest BCUT2D eigenvalue weighted by Crippen LogP contribution is 2.16. The van der Waals surface area contributed by atoms with Crippen LogP contribution < -0.4 is 4.68 Å². The smallest absolute Gasteiger partial charge is 0.0801 e. The van der Waals surface area contributed by atoms with Crippen LogP contribution in [0.4, 0.5) is 0 Å². The van der Waals surface area contributed by atoms with Crippen molar-refractivity contribution in [1.82, 2.24) is 5.10 Å². The number of benzene rings is 1. The first-order chi connectivity index (χ1) is 7.31. The minimum atomic E-state index is 1.01. The molecule has 0 amide bonds. The summed E-state index contributed by atoms with van der Waals surface area (Å²) in [6, 6.07) is 14.4. The van der Waals surface area contributed by atoms with Crippen LogP contribution >= 0.6 is 11.8 Å². The molecule has 2 nitrogen and oxygen atoms in total. The number of aryl methyl sites for hydroxylation is 1. The molecule has 1 aromatic carbocycles. The van der Waals surface area contributed by atoms with Gasteiger partial charge in [-0.25, -0.2) is 0 Å². The van der Waals surface area contributed by atoms with Gasteiger partial charge in [-0.1, -0.05) is 46.8 Å². The Morgan fingerprint density at radius 3 is 2.40 bits per heavy atom. The summed E-state index contributed by atoms with van der Waals surface area (Å²) < 4.78 is 1.91. The van der Waals surface area contributed by atoms with Crippen LogP contribution in [0.25, 0.3) is 11.3 Å². The van der Waals surface area contributed by atoms with Crippen molar-refractivity contribution >= 4 is 11.8 Å². The van der Waals surface area contributed by atoms with E-state index in [1.54, 1.807) is 11.8 Å². The summed E-state index contributed by atoms with van der Waals surface area (Å²) in [4.78, 5) is 0. The van der Waals surface area contributed by atoms with Crippen molar-refractivity contribution in [3.05, 3.63) is 42.5 Å². The van der Waals surface area contributed by atoms with Crippen LogP contribution in [0.5, 0.6) is 0 Å². The van der Waals surface area contributed by atoms with E-state index >= 15 is 0 Å². The number of thioether (sulfide) groups is 1. The fourth-order valence-corrected chi connectivity index (χ4v) is 1.97. The van der Waals surface area contributed by atoms with Crippen LogP contribution in [0, 0.1) is 0 Å². The average Bonchev–Trinajstić information content (AvgIpc) is 2.30. The molecule has 0 saturated carbocycles. The van der Waals surface area contributed by atoms with Crippen molar-refractivity contribution in [1.29, 1.82) is 0 Å². The van der Waals surface area contributed by atoms with Crippen molar-refractivity contribution in [3.63, 3.8) is 0 Å². The molecule has 0 radical (unpaired) electrons. The molecule has 0 bridgehead atoms. The number of rotatable bonds is 2.